The van der Waals surface area contributed by atoms with Crippen LogP contribution in [0.2, 0.25) is 0 Å². The zero-order valence-corrected chi connectivity index (χ0v) is 47.2. The predicted molar refractivity (Wildman–Crippen MR) is 278 cm³/mol. The molecule has 422 valence electrons. The molecule has 0 saturated heterocycles. The lowest BCUT2D eigenvalue weighted by atomic mass is 9.96. The molecule has 0 aliphatic carbocycles. The number of carbonyl (C=O) groups excluding carboxylic acids is 10. The van der Waals surface area contributed by atoms with Crippen LogP contribution in [0.4, 0.5) is 0 Å². The number of ether oxygens (including phenoxy) is 5. The summed E-state index contributed by atoms with van der Waals surface area (Å²) in [6, 6.07) is 1.54. The van der Waals surface area contributed by atoms with Gasteiger partial charge in [0, 0.05) is 48.0 Å². The highest BCUT2D eigenvalue weighted by Crippen LogP contribution is 2.24. The minimum Gasteiger partial charge on any atom is -0.459 e. The van der Waals surface area contributed by atoms with Crippen LogP contribution in [0.25, 0.3) is 0 Å². The number of benzene rings is 1. The molecule has 10 atom stereocenters. The van der Waals surface area contributed by atoms with Crippen LogP contribution in [0.3, 0.4) is 0 Å². The number of nitrogens with zero attached hydrogens (tertiary/aromatic N) is 2. The molecule has 0 aliphatic heterocycles. The summed E-state index contributed by atoms with van der Waals surface area (Å²) in [7, 11) is 5.24. The SMILES string of the molecule is C=C(C(=O)N[C@@H](C)C(=O)N(C)[C@@H](C)C(=O)N[C@H](C(=O)NC)[C@H](OC(=O)[C@@H](NC(=O)CC)[C@H](OC(C)(C)C)C(C)C)C(C)C)N(C)C(=O)[C@@H](Cc1ccccc1)OC(=O)[C@@H](NC(C)=O)C(OC(=O)C[C@@H](C)OC)C(C)C. The van der Waals surface area contributed by atoms with Gasteiger partial charge in [0.2, 0.25) is 29.5 Å². The van der Waals surface area contributed by atoms with Gasteiger partial charge in [-0.05, 0) is 64.9 Å². The highest BCUT2D eigenvalue weighted by Gasteiger charge is 2.43. The average molecular weight is 1060 g/mol. The lowest BCUT2D eigenvalue weighted by molar-refractivity contribution is -0.170. The molecule has 1 aromatic carbocycles. The molecular weight excluding hydrogens is 975 g/mol. The third-order valence-corrected chi connectivity index (χ3v) is 12.0. The summed E-state index contributed by atoms with van der Waals surface area (Å²) >= 11 is 0. The molecule has 75 heavy (non-hydrogen) atoms. The smallest absolute Gasteiger partial charge is 0.333 e. The molecule has 1 aromatic rings. The first kappa shape index (κ1) is 66.6. The molecule has 0 aliphatic rings. The van der Waals surface area contributed by atoms with Crippen LogP contribution in [0.1, 0.15) is 115 Å². The Labute approximate surface area is 442 Å². The topological polar surface area (TPSA) is 283 Å². The van der Waals surface area contributed by atoms with Crippen molar-refractivity contribution in [1.29, 1.82) is 0 Å². The zero-order chi connectivity index (χ0) is 57.8. The summed E-state index contributed by atoms with van der Waals surface area (Å²) in [5.74, 6) is -9.43. The molecule has 5 N–H and O–H groups in total. The Morgan fingerprint density at radius 2 is 1.19 bits per heavy atom. The maximum absolute atomic E-state index is 14.2. The molecule has 0 aromatic heterocycles. The van der Waals surface area contributed by atoms with Crippen molar-refractivity contribution in [3.8, 4) is 0 Å². The average Bonchev–Trinajstić information content (AvgIpc) is 3.34. The number of esters is 3. The number of nitrogens with one attached hydrogen (secondary N) is 5. The van der Waals surface area contributed by atoms with E-state index in [0.29, 0.717) is 5.56 Å². The summed E-state index contributed by atoms with van der Waals surface area (Å²) < 4.78 is 28.8. The van der Waals surface area contributed by atoms with Crippen LogP contribution < -0.4 is 26.6 Å². The van der Waals surface area contributed by atoms with Crippen molar-refractivity contribution in [2.24, 2.45) is 17.8 Å². The van der Waals surface area contributed by atoms with Gasteiger partial charge in [-0.3, -0.25) is 38.4 Å². The van der Waals surface area contributed by atoms with Crippen LogP contribution in [-0.4, -0.2) is 164 Å². The molecule has 0 bridgehead atoms. The molecule has 0 spiro atoms. The van der Waals surface area contributed by atoms with Crippen molar-refractivity contribution in [3.05, 3.63) is 48.2 Å². The molecule has 0 fully saturated rings. The van der Waals surface area contributed by atoms with E-state index in [2.05, 4.69) is 33.2 Å². The van der Waals surface area contributed by atoms with Crippen molar-refractivity contribution in [2.75, 3.05) is 28.3 Å². The Hall–Kier alpha value is -6.42. The maximum Gasteiger partial charge on any atom is 0.333 e. The van der Waals surface area contributed by atoms with E-state index < -0.39 is 143 Å². The Bertz CT molecular complexity index is 2140. The second kappa shape index (κ2) is 30.8. The first-order valence-corrected chi connectivity index (χ1v) is 25.2. The molecular formula is C53H85N7O15. The van der Waals surface area contributed by atoms with Gasteiger partial charge in [-0.1, -0.05) is 85.4 Å². The van der Waals surface area contributed by atoms with Crippen molar-refractivity contribution in [2.45, 2.75) is 183 Å². The Balaban J connectivity index is 3.40. The number of methoxy groups -OCH3 is 1. The van der Waals surface area contributed by atoms with Crippen LogP contribution in [-0.2, 0) is 78.1 Å². The first-order chi connectivity index (χ1) is 34.7. The zero-order valence-electron chi connectivity index (χ0n) is 47.2. The molecule has 0 heterocycles. The Morgan fingerprint density at radius 3 is 1.67 bits per heavy atom. The minimum absolute atomic E-state index is 0.0583. The number of carbonyl (C=O) groups is 10. The second-order valence-corrected chi connectivity index (χ2v) is 20.5. The van der Waals surface area contributed by atoms with E-state index in [0.717, 1.165) is 16.7 Å². The molecule has 1 unspecified atom stereocenters. The van der Waals surface area contributed by atoms with Gasteiger partial charge in [-0.2, -0.15) is 0 Å². The molecule has 1 rings (SSSR count). The number of rotatable bonds is 29. The minimum atomic E-state index is -1.62. The summed E-state index contributed by atoms with van der Waals surface area (Å²) in [5, 5.41) is 12.7. The fourth-order valence-electron chi connectivity index (χ4n) is 7.41. The Morgan fingerprint density at radius 1 is 0.667 bits per heavy atom. The highest BCUT2D eigenvalue weighted by molar-refractivity contribution is 6.01. The molecule has 22 nitrogen and oxygen atoms in total. The fourth-order valence-corrected chi connectivity index (χ4v) is 7.41. The standard InChI is InChI=1S/C53H85N7O15/c1-20-38(62)57-42(45(30(6)7)75-53(13,14)15)52(70)74-43(28(2)3)40(48(66)54-16)58-47(65)34(11)59(17)49(67)32(9)55-46(64)33(10)60(18)50(68)37(27-36-24-22-21-23-25-36)72-51(69)41(56-35(12)61)44(29(4)5)73-39(63)26-31(8)71-19/h21-25,28-32,34,37,40-45H,10,20,26-27H2,1-9,11-19H3,(H,54,66)(H,55,64)(H,56,61)(H,57,62)(H,58,65)/t31-,32+,34+,37-,40+,41+,42+,43-,44?,45-/m1/s1. The summed E-state index contributed by atoms with van der Waals surface area (Å²) in [6.45, 7) is 26.6. The fraction of sp³-hybridized carbons (Fsp3) is 0.660. The van der Waals surface area contributed by atoms with Gasteiger partial charge in [0.25, 0.3) is 11.8 Å². The van der Waals surface area contributed by atoms with Crippen LogP contribution in [0, 0.1) is 17.8 Å². The summed E-state index contributed by atoms with van der Waals surface area (Å²) in [4.78, 5) is 137. The number of hydrogen-bond acceptors (Lipinski definition) is 15. The van der Waals surface area contributed by atoms with Crippen LogP contribution in [0.15, 0.2) is 42.6 Å². The van der Waals surface area contributed by atoms with Crippen molar-refractivity contribution in [1.82, 2.24) is 36.4 Å². The molecule has 0 saturated carbocycles. The number of hydrogen-bond donors (Lipinski definition) is 5. The predicted octanol–water partition coefficient (Wildman–Crippen LogP) is 2.50. The van der Waals surface area contributed by atoms with E-state index in [9.17, 15) is 47.9 Å². The normalized spacial score (nSPS) is 15.5. The number of likely N-dealkylation sites (N-methyl/N-ethyl adjacent to an activating group) is 3. The van der Waals surface area contributed by atoms with E-state index in [1.54, 1.807) is 92.6 Å². The van der Waals surface area contributed by atoms with E-state index in [1.807, 2.05) is 13.8 Å². The quantitative estimate of drug-likeness (QED) is 0.0438. The highest BCUT2D eigenvalue weighted by atomic mass is 16.6. The number of amides is 7. The van der Waals surface area contributed by atoms with E-state index in [4.69, 9.17) is 23.7 Å². The summed E-state index contributed by atoms with van der Waals surface area (Å²) in [6.07, 6.45) is -5.78. The van der Waals surface area contributed by atoms with E-state index in [-0.39, 0.29) is 25.2 Å². The largest absolute Gasteiger partial charge is 0.459 e. The van der Waals surface area contributed by atoms with Gasteiger partial charge in [0.05, 0.1) is 24.2 Å². The van der Waals surface area contributed by atoms with E-state index in [1.165, 1.54) is 42.1 Å². The molecule has 7 amide bonds. The Kier molecular flexibility index (Phi) is 27.4. The van der Waals surface area contributed by atoms with Gasteiger partial charge in [0.15, 0.2) is 18.2 Å². The third-order valence-electron chi connectivity index (χ3n) is 12.0. The maximum atomic E-state index is 14.2. The van der Waals surface area contributed by atoms with Crippen LogP contribution in [0.5, 0.6) is 0 Å². The van der Waals surface area contributed by atoms with Gasteiger partial charge in [-0.25, -0.2) is 9.59 Å². The van der Waals surface area contributed by atoms with Crippen molar-refractivity contribution < 1.29 is 71.6 Å². The lowest BCUT2D eigenvalue weighted by Crippen LogP contribution is -2.61. The first-order valence-electron chi connectivity index (χ1n) is 25.2. The molecule has 22 heteroatoms. The van der Waals surface area contributed by atoms with Gasteiger partial charge in [-0.15, -0.1) is 0 Å². The van der Waals surface area contributed by atoms with Gasteiger partial charge < -0.3 is 60.1 Å². The molecule has 0 radical (unpaired) electrons. The van der Waals surface area contributed by atoms with Gasteiger partial charge >= 0.3 is 17.9 Å². The summed E-state index contributed by atoms with van der Waals surface area (Å²) in [5.41, 5.74) is -0.635. The second-order valence-electron chi connectivity index (χ2n) is 20.5. The lowest BCUT2D eigenvalue weighted by Gasteiger charge is -2.37. The monoisotopic (exact) mass is 1060 g/mol. The van der Waals surface area contributed by atoms with Gasteiger partial charge in [0.1, 0.15) is 36.0 Å². The third kappa shape index (κ3) is 21.4. The van der Waals surface area contributed by atoms with Crippen molar-refractivity contribution in [3.63, 3.8) is 0 Å². The van der Waals surface area contributed by atoms with E-state index >= 15 is 0 Å². The van der Waals surface area contributed by atoms with Crippen molar-refractivity contribution >= 4 is 59.3 Å². The van der Waals surface area contributed by atoms with Crippen LogP contribution >= 0.6 is 0 Å².